The molecule has 0 aliphatic carbocycles. The van der Waals surface area contributed by atoms with E-state index < -0.39 is 41.8 Å². The van der Waals surface area contributed by atoms with Crippen molar-refractivity contribution in [3.05, 3.63) is 71.8 Å². The summed E-state index contributed by atoms with van der Waals surface area (Å²) in [5.74, 6) is -3.29. The first-order chi connectivity index (χ1) is 18.6. The maximum atomic E-state index is 13.1. The first-order valence-electron chi connectivity index (χ1n) is 12.3. The molecule has 2 rings (SSSR count). The van der Waals surface area contributed by atoms with Crippen molar-refractivity contribution in [1.82, 2.24) is 16.0 Å². The van der Waals surface area contributed by atoms with Crippen molar-refractivity contribution >= 4 is 35.7 Å². The molecule has 0 aromatic heterocycles. The summed E-state index contributed by atoms with van der Waals surface area (Å²) in [4.78, 5) is 53.7. The van der Waals surface area contributed by atoms with Crippen LogP contribution in [0.4, 0.5) is 0 Å². The summed E-state index contributed by atoms with van der Waals surface area (Å²) in [6.45, 7) is 1.61. The third-order valence-corrected chi connectivity index (χ3v) is 5.58. The quantitative estimate of drug-likeness (QED) is 0.0766. The van der Waals surface area contributed by atoms with Gasteiger partial charge in [0.05, 0.1) is 0 Å². The fraction of sp³-hybridized carbons (Fsp3) is 0.296. The number of nitrogens with zero attached hydrogens (tertiary/aromatic N) is 1. The Morgan fingerprint density at radius 3 is 2.23 bits per heavy atom. The predicted molar refractivity (Wildman–Crippen MR) is 146 cm³/mol. The third kappa shape index (κ3) is 11.0. The summed E-state index contributed by atoms with van der Waals surface area (Å²) < 4.78 is 0. The number of carboxylic acid groups (broad SMARTS) is 1. The molecule has 208 valence electrons. The number of hydrogen-bond donors (Lipinski definition) is 7. The van der Waals surface area contributed by atoms with Crippen LogP contribution in [0.5, 0.6) is 5.75 Å². The molecule has 0 saturated heterocycles. The summed E-state index contributed by atoms with van der Waals surface area (Å²) in [7, 11) is 0. The second-order valence-electron chi connectivity index (χ2n) is 8.72. The van der Waals surface area contributed by atoms with Crippen molar-refractivity contribution in [3.63, 3.8) is 0 Å². The van der Waals surface area contributed by atoms with Gasteiger partial charge in [0.15, 0.2) is 5.96 Å². The van der Waals surface area contributed by atoms with E-state index in [0.29, 0.717) is 12.0 Å². The highest BCUT2D eigenvalue weighted by molar-refractivity contribution is 5.97. The van der Waals surface area contributed by atoms with Gasteiger partial charge in [-0.05, 0) is 37.5 Å². The number of phenolic OH excluding ortho intramolecular Hbond substituents is 1. The van der Waals surface area contributed by atoms with E-state index in [1.807, 2.05) is 6.07 Å². The number of amides is 3. The number of aliphatic carboxylic acids is 1. The van der Waals surface area contributed by atoms with Gasteiger partial charge in [-0.2, -0.15) is 0 Å². The second kappa shape index (κ2) is 15.4. The molecule has 2 aromatic rings. The molecule has 0 radical (unpaired) electrons. The van der Waals surface area contributed by atoms with Crippen LogP contribution in [0.3, 0.4) is 0 Å². The van der Waals surface area contributed by atoms with E-state index in [-0.39, 0.29) is 31.1 Å². The molecule has 0 aliphatic rings. The molecule has 9 N–H and O–H groups in total. The Kier molecular flexibility index (Phi) is 12.0. The van der Waals surface area contributed by atoms with Gasteiger partial charge in [0, 0.05) is 24.6 Å². The molecule has 12 heteroatoms. The first kappa shape index (κ1) is 30.4. The number of rotatable bonds is 14. The lowest BCUT2D eigenvalue weighted by Gasteiger charge is -2.22. The lowest BCUT2D eigenvalue weighted by Crippen LogP contribution is -2.55. The highest BCUT2D eigenvalue weighted by Gasteiger charge is 2.27. The number of hydrogen-bond acceptors (Lipinski definition) is 6. The van der Waals surface area contributed by atoms with Crippen molar-refractivity contribution < 1.29 is 29.4 Å². The van der Waals surface area contributed by atoms with Gasteiger partial charge in [-0.1, -0.05) is 48.5 Å². The summed E-state index contributed by atoms with van der Waals surface area (Å²) >= 11 is 0. The van der Waals surface area contributed by atoms with Gasteiger partial charge >= 0.3 is 5.97 Å². The number of nitrogens with one attached hydrogen (secondary N) is 3. The SMILES string of the molecule is C[C@H](NC(=O)[C@H](Cc1ccccc1)NC(=O)/C=C/c1ccccc1O)C(=O)N[C@@H](CCCN=C(N)N)C(=O)O. The zero-order valence-corrected chi connectivity index (χ0v) is 21.5. The molecule has 0 bridgehead atoms. The number of benzene rings is 2. The molecular formula is C27H34N6O6. The number of guanidine groups is 1. The van der Waals surface area contributed by atoms with Crippen LogP contribution in [0.1, 0.15) is 30.9 Å². The normalized spacial score (nSPS) is 13.1. The van der Waals surface area contributed by atoms with E-state index in [2.05, 4.69) is 20.9 Å². The van der Waals surface area contributed by atoms with Crippen molar-refractivity contribution in [1.29, 1.82) is 0 Å². The molecule has 3 atom stereocenters. The van der Waals surface area contributed by atoms with E-state index in [0.717, 1.165) is 5.56 Å². The Bertz CT molecular complexity index is 1200. The standard InChI is InChI=1S/C27H34N6O6/c1-17(24(36)33-20(26(38)39)11-7-15-30-27(28)29)31-25(37)21(16-18-8-3-2-4-9-18)32-23(35)14-13-19-10-5-6-12-22(19)34/h2-6,8-10,12-14,17,20-21,34H,7,11,15-16H2,1H3,(H,31,37)(H,32,35)(H,33,36)(H,38,39)(H4,28,29,30)/b14-13+/t17-,20-,21-/m0/s1. The van der Waals surface area contributed by atoms with Crippen LogP contribution >= 0.6 is 0 Å². The van der Waals surface area contributed by atoms with Gasteiger partial charge in [-0.15, -0.1) is 0 Å². The fourth-order valence-corrected chi connectivity index (χ4v) is 3.51. The van der Waals surface area contributed by atoms with Crippen LogP contribution in [0.15, 0.2) is 65.7 Å². The van der Waals surface area contributed by atoms with E-state index in [9.17, 15) is 29.4 Å². The first-order valence-corrected chi connectivity index (χ1v) is 12.3. The summed E-state index contributed by atoms with van der Waals surface area (Å²) in [5, 5.41) is 26.9. The molecule has 0 spiro atoms. The molecule has 39 heavy (non-hydrogen) atoms. The molecule has 12 nitrogen and oxygen atoms in total. The average molecular weight is 539 g/mol. The predicted octanol–water partition coefficient (Wildman–Crippen LogP) is 0.261. The van der Waals surface area contributed by atoms with Crippen LogP contribution < -0.4 is 27.4 Å². The van der Waals surface area contributed by atoms with E-state index in [1.54, 1.807) is 42.5 Å². The maximum Gasteiger partial charge on any atom is 0.326 e. The second-order valence-corrected chi connectivity index (χ2v) is 8.72. The Morgan fingerprint density at radius 2 is 1.59 bits per heavy atom. The van der Waals surface area contributed by atoms with Crippen molar-refractivity contribution in [2.75, 3.05) is 6.54 Å². The van der Waals surface area contributed by atoms with Gasteiger partial charge in [0.25, 0.3) is 0 Å². The topological polar surface area (TPSA) is 209 Å². The van der Waals surface area contributed by atoms with E-state index in [4.69, 9.17) is 11.5 Å². The number of carbonyl (C=O) groups excluding carboxylic acids is 3. The molecule has 3 amide bonds. The van der Waals surface area contributed by atoms with E-state index in [1.165, 1.54) is 25.1 Å². The molecule has 2 aromatic carbocycles. The third-order valence-electron chi connectivity index (χ3n) is 5.58. The average Bonchev–Trinajstić information content (AvgIpc) is 2.89. The number of aliphatic imine (C=N–C) groups is 1. The number of carboxylic acids is 1. The highest BCUT2D eigenvalue weighted by Crippen LogP contribution is 2.16. The molecule has 0 aliphatic heterocycles. The largest absolute Gasteiger partial charge is 0.507 e. The van der Waals surface area contributed by atoms with Gasteiger partial charge in [-0.3, -0.25) is 19.4 Å². The smallest absolute Gasteiger partial charge is 0.326 e. The summed E-state index contributed by atoms with van der Waals surface area (Å²) in [6.07, 6.45) is 3.14. The van der Waals surface area contributed by atoms with Gasteiger partial charge < -0.3 is 37.6 Å². The lowest BCUT2D eigenvalue weighted by molar-refractivity contribution is -0.142. The molecule has 0 saturated carbocycles. The Hall–Kier alpha value is -4.87. The highest BCUT2D eigenvalue weighted by atomic mass is 16.4. The van der Waals surface area contributed by atoms with Crippen LogP contribution in [-0.2, 0) is 25.6 Å². The van der Waals surface area contributed by atoms with Crippen LogP contribution in [-0.4, -0.2) is 64.5 Å². The molecular weight excluding hydrogens is 504 g/mol. The Balaban J connectivity index is 2.06. The molecule has 0 heterocycles. The van der Waals surface area contributed by atoms with Crippen LogP contribution in [0.25, 0.3) is 6.08 Å². The minimum atomic E-state index is -1.24. The van der Waals surface area contributed by atoms with E-state index >= 15 is 0 Å². The number of carbonyl (C=O) groups is 4. The Labute approximate surface area is 226 Å². The lowest BCUT2D eigenvalue weighted by atomic mass is 10.0. The van der Waals surface area contributed by atoms with Gasteiger partial charge in [-0.25, -0.2) is 4.79 Å². The number of aromatic hydroxyl groups is 1. The monoisotopic (exact) mass is 538 g/mol. The zero-order chi connectivity index (χ0) is 28.8. The van der Waals surface area contributed by atoms with Crippen molar-refractivity contribution in [2.24, 2.45) is 16.5 Å². The van der Waals surface area contributed by atoms with Crippen LogP contribution in [0, 0.1) is 0 Å². The minimum Gasteiger partial charge on any atom is -0.507 e. The van der Waals surface area contributed by atoms with Crippen molar-refractivity contribution in [3.8, 4) is 5.75 Å². The fourth-order valence-electron chi connectivity index (χ4n) is 3.51. The number of nitrogens with two attached hydrogens (primary N) is 2. The number of phenols is 1. The number of para-hydroxylation sites is 1. The summed E-state index contributed by atoms with van der Waals surface area (Å²) in [6, 6.07) is 12.1. The van der Waals surface area contributed by atoms with Crippen molar-refractivity contribution in [2.45, 2.75) is 44.3 Å². The Morgan fingerprint density at radius 1 is 0.923 bits per heavy atom. The van der Waals surface area contributed by atoms with Gasteiger partial charge in [0.2, 0.25) is 17.7 Å². The minimum absolute atomic E-state index is 0.00382. The summed E-state index contributed by atoms with van der Waals surface area (Å²) in [5.41, 5.74) is 11.7. The van der Waals surface area contributed by atoms with Crippen LogP contribution in [0.2, 0.25) is 0 Å². The zero-order valence-electron chi connectivity index (χ0n) is 21.5. The molecule has 0 unspecified atom stereocenters. The molecule has 0 fully saturated rings. The van der Waals surface area contributed by atoms with Gasteiger partial charge in [0.1, 0.15) is 23.9 Å². The maximum absolute atomic E-state index is 13.1.